The standard InChI is InChI=1S/C20H21N3O3S2/c1-12-10-27-20(22-12)28-11-14-13-6-2-3-8-16(13)26-17(14)19(25)23-15-7-4-5-9-21-18(15)24/h2-3,6,8,10,15H,4-5,7,9,11H2,1H3,(H,21,24)(H,23,25)/t15-/m0/s1. The number of nitrogens with one attached hydrogen (secondary N) is 2. The fourth-order valence-corrected chi connectivity index (χ4v) is 5.14. The maximum Gasteiger partial charge on any atom is 0.288 e. The molecule has 0 bridgehead atoms. The summed E-state index contributed by atoms with van der Waals surface area (Å²) in [5.41, 5.74) is 2.49. The number of rotatable bonds is 5. The van der Waals surface area contributed by atoms with Gasteiger partial charge in [0.25, 0.3) is 5.91 Å². The third kappa shape index (κ3) is 4.07. The van der Waals surface area contributed by atoms with Crippen molar-refractivity contribution in [1.82, 2.24) is 15.6 Å². The lowest BCUT2D eigenvalue weighted by Crippen LogP contribution is -2.45. The number of aromatic nitrogens is 1. The number of amides is 2. The molecule has 0 radical (unpaired) electrons. The van der Waals surface area contributed by atoms with Gasteiger partial charge in [-0.15, -0.1) is 11.3 Å². The second kappa shape index (κ2) is 8.36. The van der Waals surface area contributed by atoms with Crippen LogP contribution >= 0.6 is 23.1 Å². The van der Waals surface area contributed by atoms with Gasteiger partial charge in [-0.3, -0.25) is 9.59 Å². The number of benzene rings is 1. The first kappa shape index (κ1) is 19.0. The van der Waals surface area contributed by atoms with Gasteiger partial charge in [-0.25, -0.2) is 4.98 Å². The largest absolute Gasteiger partial charge is 0.451 e. The Kier molecular flexibility index (Phi) is 5.68. The number of aryl methyl sites for hydroxylation is 1. The van der Waals surface area contributed by atoms with Crippen molar-refractivity contribution in [1.29, 1.82) is 0 Å². The quantitative estimate of drug-likeness (QED) is 0.618. The molecule has 4 rings (SSSR count). The van der Waals surface area contributed by atoms with Gasteiger partial charge in [0.2, 0.25) is 5.91 Å². The molecule has 2 aromatic heterocycles. The summed E-state index contributed by atoms with van der Waals surface area (Å²) in [7, 11) is 0. The maximum absolute atomic E-state index is 13.0. The first-order valence-corrected chi connectivity index (χ1v) is 11.1. The van der Waals surface area contributed by atoms with E-state index in [9.17, 15) is 9.59 Å². The van der Waals surface area contributed by atoms with Crippen molar-refractivity contribution < 1.29 is 14.0 Å². The average Bonchev–Trinajstić information content (AvgIpc) is 3.21. The van der Waals surface area contributed by atoms with Crippen LogP contribution in [-0.2, 0) is 10.5 Å². The molecule has 1 aliphatic heterocycles. The van der Waals surface area contributed by atoms with Gasteiger partial charge in [0.15, 0.2) is 5.76 Å². The van der Waals surface area contributed by atoms with Crippen molar-refractivity contribution in [3.05, 3.63) is 46.7 Å². The van der Waals surface area contributed by atoms with E-state index in [1.807, 2.05) is 36.6 Å². The Hall–Kier alpha value is -2.32. The van der Waals surface area contributed by atoms with Crippen LogP contribution in [-0.4, -0.2) is 29.4 Å². The van der Waals surface area contributed by atoms with Crippen molar-refractivity contribution in [2.45, 2.75) is 42.3 Å². The Morgan fingerprint density at radius 3 is 3.07 bits per heavy atom. The van der Waals surface area contributed by atoms with Crippen LogP contribution in [0, 0.1) is 6.92 Å². The van der Waals surface area contributed by atoms with Gasteiger partial charge in [0.1, 0.15) is 16.0 Å². The van der Waals surface area contributed by atoms with E-state index in [0.717, 1.165) is 33.8 Å². The summed E-state index contributed by atoms with van der Waals surface area (Å²) in [4.78, 5) is 29.6. The Balaban J connectivity index is 1.59. The van der Waals surface area contributed by atoms with E-state index in [1.165, 1.54) is 0 Å². The Labute approximate surface area is 171 Å². The van der Waals surface area contributed by atoms with E-state index in [1.54, 1.807) is 23.1 Å². The van der Waals surface area contributed by atoms with Crippen LogP contribution in [0.5, 0.6) is 0 Å². The molecule has 0 aliphatic carbocycles. The van der Waals surface area contributed by atoms with Gasteiger partial charge >= 0.3 is 0 Å². The van der Waals surface area contributed by atoms with Crippen molar-refractivity contribution in [2.24, 2.45) is 0 Å². The third-order valence-electron chi connectivity index (χ3n) is 4.68. The number of nitrogens with zero attached hydrogens (tertiary/aromatic N) is 1. The number of furan rings is 1. The second-order valence-corrected chi connectivity index (χ2v) is 8.84. The molecule has 146 valence electrons. The molecule has 1 atom stereocenters. The van der Waals surface area contributed by atoms with E-state index in [4.69, 9.17) is 4.42 Å². The number of thiazole rings is 1. The van der Waals surface area contributed by atoms with Gasteiger partial charge < -0.3 is 15.1 Å². The fraction of sp³-hybridized carbons (Fsp3) is 0.350. The summed E-state index contributed by atoms with van der Waals surface area (Å²) in [6.45, 7) is 2.62. The molecule has 3 aromatic rings. The number of fused-ring (bicyclic) bond motifs is 1. The number of para-hydroxylation sites is 1. The molecular weight excluding hydrogens is 394 g/mol. The zero-order chi connectivity index (χ0) is 19.5. The normalized spacial score (nSPS) is 17.3. The number of carbonyl (C=O) groups is 2. The summed E-state index contributed by atoms with van der Waals surface area (Å²) < 4.78 is 6.84. The molecule has 1 saturated heterocycles. The number of hydrogen-bond acceptors (Lipinski definition) is 6. The minimum absolute atomic E-state index is 0.129. The van der Waals surface area contributed by atoms with Crippen molar-refractivity contribution in [2.75, 3.05) is 6.54 Å². The molecule has 6 nitrogen and oxygen atoms in total. The van der Waals surface area contributed by atoms with Gasteiger partial charge in [-0.2, -0.15) is 0 Å². The summed E-state index contributed by atoms with van der Waals surface area (Å²) in [6.07, 6.45) is 2.47. The molecule has 0 unspecified atom stereocenters. The number of hydrogen-bond donors (Lipinski definition) is 2. The van der Waals surface area contributed by atoms with Gasteiger partial charge in [-0.05, 0) is 32.3 Å². The molecule has 0 spiro atoms. The van der Waals surface area contributed by atoms with Gasteiger partial charge in [0.05, 0.1) is 0 Å². The Morgan fingerprint density at radius 1 is 1.39 bits per heavy atom. The van der Waals surface area contributed by atoms with Gasteiger partial charge in [-0.1, -0.05) is 30.0 Å². The first-order valence-electron chi connectivity index (χ1n) is 9.26. The average molecular weight is 416 g/mol. The summed E-state index contributed by atoms with van der Waals surface area (Å²) >= 11 is 3.17. The highest BCUT2D eigenvalue weighted by atomic mass is 32.2. The lowest BCUT2D eigenvalue weighted by Gasteiger charge is -2.14. The summed E-state index contributed by atoms with van der Waals surface area (Å²) in [6, 6.07) is 7.10. The third-order valence-corrected chi connectivity index (χ3v) is 6.85. The van der Waals surface area contributed by atoms with Crippen LogP contribution in [0.15, 0.2) is 38.4 Å². The maximum atomic E-state index is 13.0. The number of carbonyl (C=O) groups excluding carboxylic acids is 2. The van der Waals surface area contributed by atoms with Crippen LogP contribution in [0.1, 0.15) is 41.1 Å². The predicted molar refractivity (Wildman–Crippen MR) is 111 cm³/mol. The monoisotopic (exact) mass is 415 g/mol. The zero-order valence-corrected chi connectivity index (χ0v) is 17.1. The molecule has 2 amide bonds. The molecule has 28 heavy (non-hydrogen) atoms. The van der Waals surface area contributed by atoms with E-state index in [-0.39, 0.29) is 17.6 Å². The van der Waals surface area contributed by atoms with Crippen LogP contribution in [0.25, 0.3) is 11.0 Å². The molecule has 8 heteroatoms. The molecule has 3 heterocycles. The smallest absolute Gasteiger partial charge is 0.288 e. The predicted octanol–water partition coefficient (Wildman–Crippen LogP) is 3.89. The Bertz CT molecular complexity index is 1010. The second-order valence-electron chi connectivity index (χ2n) is 6.76. The highest BCUT2D eigenvalue weighted by molar-refractivity contribution is 8.00. The minimum atomic E-state index is -0.523. The summed E-state index contributed by atoms with van der Waals surface area (Å²) in [5, 5.41) is 8.63. The SMILES string of the molecule is Cc1csc(SCc2c(C(=O)N[C@H]3CCCCNC3=O)oc3ccccc23)n1. The number of thioether (sulfide) groups is 1. The van der Waals surface area contributed by atoms with E-state index in [0.29, 0.717) is 24.3 Å². The van der Waals surface area contributed by atoms with Crippen molar-refractivity contribution in [3.8, 4) is 0 Å². The highest BCUT2D eigenvalue weighted by Gasteiger charge is 2.27. The molecule has 1 aromatic carbocycles. The molecular formula is C20H21N3O3S2. The first-order chi connectivity index (χ1) is 13.6. The fourth-order valence-electron chi connectivity index (χ4n) is 3.26. The lowest BCUT2D eigenvalue weighted by atomic mass is 10.1. The lowest BCUT2D eigenvalue weighted by molar-refractivity contribution is -0.122. The van der Waals surface area contributed by atoms with E-state index >= 15 is 0 Å². The molecule has 2 N–H and O–H groups in total. The minimum Gasteiger partial charge on any atom is -0.451 e. The summed E-state index contributed by atoms with van der Waals surface area (Å²) in [5.74, 6) is 0.378. The molecule has 1 aliphatic rings. The molecule has 0 saturated carbocycles. The van der Waals surface area contributed by atoms with Crippen LogP contribution in [0.4, 0.5) is 0 Å². The van der Waals surface area contributed by atoms with Crippen LogP contribution in [0.3, 0.4) is 0 Å². The van der Waals surface area contributed by atoms with Gasteiger partial charge in [0, 0.05) is 34.3 Å². The van der Waals surface area contributed by atoms with E-state index in [2.05, 4.69) is 15.6 Å². The topological polar surface area (TPSA) is 84.2 Å². The van der Waals surface area contributed by atoms with Crippen molar-refractivity contribution in [3.63, 3.8) is 0 Å². The van der Waals surface area contributed by atoms with Crippen molar-refractivity contribution >= 4 is 45.9 Å². The Morgan fingerprint density at radius 2 is 2.25 bits per heavy atom. The van der Waals surface area contributed by atoms with Crippen LogP contribution < -0.4 is 10.6 Å². The zero-order valence-electron chi connectivity index (χ0n) is 15.5. The molecule has 1 fully saturated rings. The van der Waals surface area contributed by atoms with E-state index < -0.39 is 6.04 Å². The van der Waals surface area contributed by atoms with Crippen LogP contribution in [0.2, 0.25) is 0 Å². The highest BCUT2D eigenvalue weighted by Crippen LogP contribution is 2.33.